The number of rotatable bonds is 6. The number of hydrogen-bond acceptors (Lipinski definition) is 4. The van der Waals surface area contributed by atoms with Crippen LogP contribution in [0.2, 0.25) is 0 Å². The minimum Gasteiger partial charge on any atom is -0.326 e. The summed E-state index contributed by atoms with van der Waals surface area (Å²) < 4.78 is 4.72. The molecule has 2 aromatic rings. The third kappa shape index (κ3) is 2.61. The summed E-state index contributed by atoms with van der Waals surface area (Å²) in [6, 6.07) is -0.211. The van der Waals surface area contributed by atoms with E-state index in [2.05, 4.69) is 4.98 Å². The van der Waals surface area contributed by atoms with Crippen molar-refractivity contribution in [2.24, 2.45) is 5.73 Å². The lowest BCUT2D eigenvalue weighted by Gasteiger charge is -2.14. The normalized spacial score (nSPS) is 13.0. The molecule has 0 radical (unpaired) electrons. The largest absolute Gasteiger partial charge is 0.332 e. The highest BCUT2D eigenvalue weighted by Crippen LogP contribution is 2.11. The molecule has 0 aliphatic carbocycles. The summed E-state index contributed by atoms with van der Waals surface area (Å²) >= 11 is 0. The molecule has 0 bridgehead atoms. The first-order valence-electron chi connectivity index (χ1n) is 7.92. The fraction of sp³-hybridized carbons (Fsp3) is 0.667. The van der Waals surface area contributed by atoms with Gasteiger partial charge in [-0.3, -0.25) is 13.9 Å². The van der Waals surface area contributed by atoms with Crippen LogP contribution in [0.15, 0.2) is 9.59 Å². The maximum absolute atomic E-state index is 12.8. The van der Waals surface area contributed by atoms with Crippen molar-refractivity contribution in [2.45, 2.75) is 66.2 Å². The van der Waals surface area contributed by atoms with Crippen molar-refractivity contribution in [2.75, 3.05) is 0 Å². The van der Waals surface area contributed by atoms with Gasteiger partial charge in [-0.05, 0) is 26.7 Å². The zero-order valence-corrected chi connectivity index (χ0v) is 13.8. The van der Waals surface area contributed by atoms with E-state index in [0.29, 0.717) is 30.7 Å². The Morgan fingerprint density at radius 2 is 1.82 bits per heavy atom. The summed E-state index contributed by atoms with van der Waals surface area (Å²) in [5.41, 5.74) is 6.33. The highest BCUT2D eigenvalue weighted by Gasteiger charge is 2.19. The summed E-state index contributed by atoms with van der Waals surface area (Å²) in [4.78, 5) is 29.9. The number of aromatic nitrogens is 4. The molecule has 2 heterocycles. The molecule has 0 aliphatic heterocycles. The maximum Gasteiger partial charge on any atom is 0.332 e. The van der Waals surface area contributed by atoms with Crippen LogP contribution in [0, 0.1) is 6.92 Å². The Bertz CT molecular complexity index is 784. The highest BCUT2D eigenvalue weighted by molar-refractivity contribution is 5.71. The summed E-state index contributed by atoms with van der Waals surface area (Å²) in [7, 11) is 0. The number of imidazole rings is 1. The average Bonchev–Trinajstić information content (AvgIpc) is 2.84. The van der Waals surface area contributed by atoms with Crippen molar-refractivity contribution in [3.63, 3.8) is 0 Å². The van der Waals surface area contributed by atoms with Crippen LogP contribution in [-0.2, 0) is 19.6 Å². The molecule has 0 amide bonds. The van der Waals surface area contributed by atoms with Crippen molar-refractivity contribution in [3.8, 4) is 0 Å². The molecule has 0 fully saturated rings. The second kappa shape index (κ2) is 6.48. The molecule has 0 spiro atoms. The molecule has 0 saturated heterocycles. The van der Waals surface area contributed by atoms with E-state index in [1.165, 1.54) is 4.57 Å². The van der Waals surface area contributed by atoms with Crippen LogP contribution in [0.4, 0.5) is 0 Å². The van der Waals surface area contributed by atoms with E-state index in [1.807, 2.05) is 32.3 Å². The fourth-order valence-electron chi connectivity index (χ4n) is 2.74. The molecule has 7 heteroatoms. The Labute approximate surface area is 129 Å². The fourth-order valence-corrected chi connectivity index (χ4v) is 2.74. The highest BCUT2D eigenvalue weighted by atomic mass is 16.2. The van der Waals surface area contributed by atoms with Crippen molar-refractivity contribution in [1.82, 2.24) is 18.7 Å². The van der Waals surface area contributed by atoms with Crippen LogP contribution < -0.4 is 17.0 Å². The van der Waals surface area contributed by atoms with Crippen LogP contribution in [0.5, 0.6) is 0 Å². The second-order valence-corrected chi connectivity index (χ2v) is 5.59. The van der Waals surface area contributed by atoms with Gasteiger partial charge >= 0.3 is 5.69 Å². The van der Waals surface area contributed by atoms with Crippen LogP contribution in [0.1, 0.15) is 39.4 Å². The number of hydrogen-bond donors (Lipinski definition) is 1. The molecule has 7 nitrogen and oxygen atoms in total. The summed E-state index contributed by atoms with van der Waals surface area (Å²) in [5, 5.41) is 0. The smallest absolute Gasteiger partial charge is 0.326 e. The molecule has 0 aliphatic rings. The van der Waals surface area contributed by atoms with Gasteiger partial charge in [-0.25, -0.2) is 9.78 Å². The van der Waals surface area contributed by atoms with E-state index >= 15 is 0 Å². The zero-order valence-electron chi connectivity index (χ0n) is 13.8. The number of nitrogens with two attached hydrogens (primary N) is 1. The van der Waals surface area contributed by atoms with E-state index in [-0.39, 0.29) is 23.8 Å². The van der Waals surface area contributed by atoms with Gasteiger partial charge in [0.25, 0.3) is 5.56 Å². The topological polar surface area (TPSA) is 87.8 Å². The minimum absolute atomic E-state index is 0.211. The SMILES string of the molecule is CCCn1c(=O)n(CC(N)CC)c(=O)c2c1nc(C)n2CC. The lowest BCUT2D eigenvalue weighted by atomic mass is 10.2. The Kier molecular flexibility index (Phi) is 4.85. The minimum atomic E-state index is -0.316. The molecule has 22 heavy (non-hydrogen) atoms. The van der Waals surface area contributed by atoms with Gasteiger partial charge in [-0.15, -0.1) is 0 Å². The molecular formula is C15H25N5O2. The van der Waals surface area contributed by atoms with Crippen molar-refractivity contribution < 1.29 is 0 Å². The van der Waals surface area contributed by atoms with E-state index in [0.717, 1.165) is 12.2 Å². The Morgan fingerprint density at radius 1 is 1.14 bits per heavy atom. The van der Waals surface area contributed by atoms with Crippen LogP contribution in [0.25, 0.3) is 11.2 Å². The molecule has 2 aromatic heterocycles. The Balaban J connectivity index is 2.86. The van der Waals surface area contributed by atoms with E-state index in [1.54, 1.807) is 4.57 Å². The van der Waals surface area contributed by atoms with Crippen LogP contribution in [-0.4, -0.2) is 24.7 Å². The molecule has 1 unspecified atom stereocenters. The van der Waals surface area contributed by atoms with Gasteiger partial charge < -0.3 is 10.3 Å². The van der Waals surface area contributed by atoms with E-state index in [9.17, 15) is 9.59 Å². The lowest BCUT2D eigenvalue weighted by molar-refractivity contribution is 0.488. The van der Waals surface area contributed by atoms with Crippen molar-refractivity contribution in [3.05, 3.63) is 26.7 Å². The summed E-state index contributed by atoms with van der Waals surface area (Å²) in [6.45, 7) is 9.17. The monoisotopic (exact) mass is 307 g/mol. The van der Waals surface area contributed by atoms with Crippen LogP contribution >= 0.6 is 0 Å². The van der Waals surface area contributed by atoms with Crippen molar-refractivity contribution in [1.29, 1.82) is 0 Å². The zero-order chi connectivity index (χ0) is 16.4. The van der Waals surface area contributed by atoms with Gasteiger partial charge in [0.05, 0.1) is 0 Å². The van der Waals surface area contributed by atoms with Gasteiger partial charge in [0.1, 0.15) is 5.82 Å². The predicted octanol–water partition coefficient (Wildman–Crippen LogP) is 0.835. The van der Waals surface area contributed by atoms with E-state index < -0.39 is 0 Å². The third-order valence-electron chi connectivity index (χ3n) is 4.01. The predicted molar refractivity (Wildman–Crippen MR) is 87.2 cm³/mol. The van der Waals surface area contributed by atoms with Gasteiger partial charge in [-0.2, -0.15) is 0 Å². The molecular weight excluding hydrogens is 282 g/mol. The molecule has 2 N–H and O–H groups in total. The standard InChI is InChI=1S/C15H25N5O2/c1-5-8-19-13-12(18(7-3)10(4)17-13)14(21)20(15(19)22)9-11(16)6-2/h11H,5-9,16H2,1-4H3. The van der Waals surface area contributed by atoms with Gasteiger partial charge in [0.15, 0.2) is 11.2 Å². The van der Waals surface area contributed by atoms with Crippen molar-refractivity contribution >= 4 is 11.2 Å². The second-order valence-electron chi connectivity index (χ2n) is 5.59. The number of fused-ring (bicyclic) bond motifs is 1. The van der Waals surface area contributed by atoms with Crippen LogP contribution in [0.3, 0.4) is 0 Å². The van der Waals surface area contributed by atoms with Gasteiger partial charge in [0.2, 0.25) is 0 Å². The molecule has 122 valence electrons. The molecule has 1 atom stereocenters. The first kappa shape index (κ1) is 16.5. The Hall–Kier alpha value is -1.89. The van der Waals surface area contributed by atoms with Gasteiger partial charge in [0, 0.05) is 25.7 Å². The molecule has 2 rings (SSSR count). The first-order valence-corrected chi connectivity index (χ1v) is 7.92. The Morgan fingerprint density at radius 3 is 2.36 bits per heavy atom. The number of aryl methyl sites for hydroxylation is 3. The van der Waals surface area contributed by atoms with Gasteiger partial charge in [-0.1, -0.05) is 13.8 Å². The quantitative estimate of drug-likeness (QED) is 0.856. The first-order chi connectivity index (χ1) is 10.5. The molecule has 0 saturated carbocycles. The third-order valence-corrected chi connectivity index (χ3v) is 4.01. The maximum atomic E-state index is 12.8. The lowest BCUT2D eigenvalue weighted by Crippen LogP contribution is -2.44. The summed E-state index contributed by atoms with van der Waals surface area (Å²) in [6.07, 6.45) is 1.51. The number of nitrogens with zero attached hydrogens (tertiary/aromatic N) is 4. The molecule has 0 aromatic carbocycles. The van der Waals surface area contributed by atoms with E-state index in [4.69, 9.17) is 5.73 Å². The average molecular weight is 307 g/mol. The summed E-state index contributed by atoms with van der Waals surface area (Å²) in [5.74, 6) is 0.747.